The van der Waals surface area contributed by atoms with E-state index in [1.807, 2.05) is 31.2 Å². The highest BCUT2D eigenvalue weighted by molar-refractivity contribution is 8.14. The highest BCUT2D eigenvalue weighted by Crippen LogP contribution is 2.29. The quantitative estimate of drug-likeness (QED) is 0.272. The third kappa shape index (κ3) is 5.28. The molecule has 1 rings (SSSR count). The van der Waals surface area contributed by atoms with Gasteiger partial charge in [-0.1, -0.05) is 29.1 Å². The number of hydrogen-bond acceptors (Lipinski definition) is 4. The number of nitrogens with zero attached hydrogens (tertiary/aromatic N) is 1. The molecule has 0 radical (unpaired) electrons. The first kappa shape index (κ1) is 14.1. The molecule has 0 aliphatic carbocycles. The Labute approximate surface area is 108 Å². The molecule has 5 heteroatoms. The van der Waals surface area contributed by atoms with Gasteiger partial charge in [0.25, 0.3) is 8.32 Å². The number of benzene rings is 1. The zero-order valence-corrected chi connectivity index (χ0v) is 12.8. The minimum absolute atomic E-state index is 0.861. The summed E-state index contributed by atoms with van der Waals surface area (Å²) < 4.78 is 10.8. The molecule has 0 unspecified atom stereocenters. The number of methoxy groups -OCH3 is 1. The molecular weight excluding hydrogens is 250 g/mol. The Balaban J connectivity index is 2.70. The summed E-state index contributed by atoms with van der Waals surface area (Å²) in [7, 11) is 0.0799. The van der Waals surface area contributed by atoms with Gasteiger partial charge in [-0.2, -0.15) is 0 Å². The number of rotatable bonds is 4. The molecule has 0 atom stereocenters. The van der Waals surface area contributed by atoms with Crippen molar-refractivity contribution < 1.29 is 9.26 Å². The Morgan fingerprint density at radius 2 is 1.88 bits per heavy atom. The maximum atomic E-state index is 5.50. The molecule has 17 heavy (non-hydrogen) atoms. The van der Waals surface area contributed by atoms with Crippen molar-refractivity contribution in [1.82, 2.24) is 0 Å². The maximum absolute atomic E-state index is 5.50. The zero-order valence-electron chi connectivity index (χ0n) is 11.0. The molecule has 3 nitrogen and oxygen atoms in total. The molecule has 0 bridgehead atoms. The SMILES string of the molecule is COc1ccccc1S/C(C)=N/O[Si](C)(C)C. The predicted octanol–water partition coefficient (Wildman–Crippen LogP) is 3.97. The fourth-order valence-corrected chi connectivity index (χ4v) is 2.35. The lowest BCUT2D eigenvalue weighted by Gasteiger charge is -2.14. The number of para-hydroxylation sites is 1. The molecule has 1 aromatic rings. The van der Waals surface area contributed by atoms with E-state index in [1.165, 1.54) is 0 Å². The van der Waals surface area contributed by atoms with Crippen molar-refractivity contribution in [2.45, 2.75) is 31.5 Å². The van der Waals surface area contributed by atoms with Gasteiger partial charge in [0.15, 0.2) is 0 Å². The van der Waals surface area contributed by atoms with Crippen LogP contribution in [0.4, 0.5) is 0 Å². The summed E-state index contributed by atoms with van der Waals surface area (Å²) in [5, 5.41) is 5.04. The maximum Gasteiger partial charge on any atom is 0.278 e. The second-order valence-corrected chi connectivity index (χ2v) is 10.2. The Kier molecular flexibility index (Phi) is 5.08. The number of hydrogen-bond donors (Lipinski definition) is 0. The van der Waals surface area contributed by atoms with Crippen LogP contribution in [-0.4, -0.2) is 20.5 Å². The number of ether oxygens (including phenoxy) is 1. The lowest BCUT2D eigenvalue weighted by atomic mass is 10.3. The molecular formula is C12H19NO2SSi. The Hall–Kier alpha value is -0.943. The molecule has 0 aromatic heterocycles. The van der Waals surface area contributed by atoms with E-state index >= 15 is 0 Å². The summed E-state index contributed by atoms with van der Waals surface area (Å²) in [5.74, 6) is 0.861. The normalized spacial score (nSPS) is 12.4. The summed E-state index contributed by atoms with van der Waals surface area (Å²) in [6, 6.07) is 7.89. The Morgan fingerprint density at radius 3 is 2.47 bits per heavy atom. The molecule has 0 heterocycles. The van der Waals surface area contributed by atoms with Gasteiger partial charge in [0.1, 0.15) is 10.8 Å². The summed E-state index contributed by atoms with van der Waals surface area (Å²) in [5.41, 5.74) is 0. The Bertz CT molecular complexity index is 402. The monoisotopic (exact) mass is 269 g/mol. The van der Waals surface area contributed by atoms with Crippen LogP contribution in [0.2, 0.25) is 19.6 Å². The van der Waals surface area contributed by atoms with Crippen LogP contribution in [0.1, 0.15) is 6.92 Å². The van der Waals surface area contributed by atoms with Gasteiger partial charge in [-0.25, -0.2) is 0 Å². The average molecular weight is 269 g/mol. The van der Waals surface area contributed by atoms with Crippen LogP contribution in [0.5, 0.6) is 5.75 Å². The van der Waals surface area contributed by atoms with Crippen molar-refractivity contribution in [3.8, 4) is 5.75 Å². The van der Waals surface area contributed by atoms with Crippen LogP contribution in [-0.2, 0) is 4.53 Å². The van der Waals surface area contributed by atoms with Gasteiger partial charge in [-0.3, -0.25) is 0 Å². The van der Waals surface area contributed by atoms with Gasteiger partial charge in [0.2, 0.25) is 0 Å². The standard InChI is InChI=1S/C12H19NO2SSi/c1-10(13-15-17(3,4)5)16-12-9-7-6-8-11(12)14-2/h6-9H,1-5H3/b13-10+. The van der Waals surface area contributed by atoms with Crippen molar-refractivity contribution >= 4 is 25.1 Å². The van der Waals surface area contributed by atoms with E-state index in [-0.39, 0.29) is 0 Å². The van der Waals surface area contributed by atoms with Gasteiger partial charge < -0.3 is 9.26 Å². The van der Waals surface area contributed by atoms with Crippen molar-refractivity contribution in [1.29, 1.82) is 0 Å². The van der Waals surface area contributed by atoms with E-state index in [0.29, 0.717) is 0 Å². The van der Waals surface area contributed by atoms with Gasteiger partial charge in [-0.15, -0.1) is 0 Å². The first-order chi connectivity index (χ1) is 7.92. The lowest BCUT2D eigenvalue weighted by Crippen LogP contribution is -2.22. The molecule has 0 amide bonds. The van der Waals surface area contributed by atoms with E-state index < -0.39 is 8.32 Å². The first-order valence-electron chi connectivity index (χ1n) is 5.46. The third-order valence-corrected chi connectivity index (χ3v) is 3.34. The summed E-state index contributed by atoms with van der Waals surface area (Å²) >= 11 is 1.56. The largest absolute Gasteiger partial charge is 0.496 e. The Morgan fingerprint density at radius 1 is 1.24 bits per heavy atom. The van der Waals surface area contributed by atoms with Crippen LogP contribution in [0, 0.1) is 0 Å². The number of oxime groups is 1. The molecule has 0 aliphatic rings. The van der Waals surface area contributed by atoms with E-state index in [1.54, 1.807) is 18.9 Å². The summed E-state index contributed by atoms with van der Waals surface area (Å²) in [6.07, 6.45) is 0. The van der Waals surface area contributed by atoms with Crippen molar-refractivity contribution in [2.24, 2.45) is 5.16 Å². The fraction of sp³-hybridized carbons (Fsp3) is 0.417. The minimum atomic E-state index is -1.59. The van der Waals surface area contributed by atoms with E-state index in [2.05, 4.69) is 24.8 Å². The van der Waals surface area contributed by atoms with Crippen LogP contribution in [0.3, 0.4) is 0 Å². The molecule has 0 aliphatic heterocycles. The van der Waals surface area contributed by atoms with E-state index in [4.69, 9.17) is 9.26 Å². The second kappa shape index (κ2) is 6.12. The molecule has 0 saturated heterocycles. The highest BCUT2D eigenvalue weighted by Gasteiger charge is 2.16. The van der Waals surface area contributed by atoms with Crippen LogP contribution in [0.25, 0.3) is 0 Å². The minimum Gasteiger partial charge on any atom is -0.496 e. The van der Waals surface area contributed by atoms with E-state index in [0.717, 1.165) is 15.7 Å². The number of thioether (sulfide) groups is 1. The zero-order chi connectivity index (χ0) is 12.9. The molecule has 0 saturated carbocycles. The molecule has 0 N–H and O–H groups in total. The van der Waals surface area contributed by atoms with Crippen molar-refractivity contribution in [3.63, 3.8) is 0 Å². The lowest BCUT2D eigenvalue weighted by molar-refractivity contribution is 0.336. The van der Waals surface area contributed by atoms with Gasteiger partial charge in [0, 0.05) is 0 Å². The first-order valence-corrected chi connectivity index (χ1v) is 9.68. The van der Waals surface area contributed by atoms with Crippen molar-refractivity contribution in [2.75, 3.05) is 7.11 Å². The molecule has 1 aromatic carbocycles. The molecule has 0 fully saturated rings. The molecule has 0 spiro atoms. The fourth-order valence-electron chi connectivity index (χ4n) is 1.08. The van der Waals surface area contributed by atoms with E-state index in [9.17, 15) is 0 Å². The van der Waals surface area contributed by atoms with Gasteiger partial charge in [0.05, 0.1) is 12.0 Å². The van der Waals surface area contributed by atoms with Gasteiger partial charge >= 0.3 is 0 Å². The van der Waals surface area contributed by atoms with Crippen LogP contribution >= 0.6 is 11.8 Å². The summed E-state index contributed by atoms with van der Waals surface area (Å²) in [6.45, 7) is 8.27. The van der Waals surface area contributed by atoms with Crippen LogP contribution in [0.15, 0.2) is 34.3 Å². The average Bonchev–Trinajstić information content (AvgIpc) is 2.26. The van der Waals surface area contributed by atoms with Crippen LogP contribution < -0.4 is 4.74 Å². The summed E-state index contributed by atoms with van der Waals surface area (Å²) in [4.78, 5) is 1.05. The predicted molar refractivity (Wildman–Crippen MR) is 76.4 cm³/mol. The smallest absolute Gasteiger partial charge is 0.278 e. The topological polar surface area (TPSA) is 30.8 Å². The van der Waals surface area contributed by atoms with Crippen molar-refractivity contribution in [3.05, 3.63) is 24.3 Å². The second-order valence-electron chi connectivity index (χ2n) is 4.57. The highest BCUT2D eigenvalue weighted by atomic mass is 32.2. The van der Waals surface area contributed by atoms with Gasteiger partial charge in [-0.05, 0) is 38.7 Å². The molecule has 94 valence electrons. The third-order valence-electron chi connectivity index (χ3n) is 1.77.